The number of amides is 1. The van der Waals surface area contributed by atoms with Crippen molar-refractivity contribution in [1.82, 2.24) is 10.3 Å². The Bertz CT molecular complexity index is 902. The number of benzene rings is 2. The largest absolute Gasteiger partial charge is 0.497 e. The Morgan fingerprint density at radius 2 is 2.04 bits per heavy atom. The lowest BCUT2D eigenvalue weighted by Gasteiger charge is -2.13. The topological polar surface area (TPSA) is 63.3 Å². The maximum atomic E-state index is 12.0. The van der Waals surface area contributed by atoms with Crippen molar-refractivity contribution in [2.24, 2.45) is 0 Å². The zero-order chi connectivity index (χ0) is 17.2. The molecule has 2 aromatic carbocycles. The fourth-order valence-corrected chi connectivity index (χ4v) is 3.42. The van der Waals surface area contributed by atoms with Gasteiger partial charge in [0.05, 0.1) is 7.11 Å². The van der Waals surface area contributed by atoms with Gasteiger partial charge in [0.25, 0.3) is 0 Å². The number of carbonyl (C=O) groups excluding carboxylic acids is 1. The van der Waals surface area contributed by atoms with Crippen LogP contribution in [0, 0.1) is 0 Å². The lowest BCUT2D eigenvalue weighted by atomic mass is 10.1. The van der Waals surface area contributed by atoms with Gasteiger partial charge in [0.2, 0.25) is 0 Å². The maximum Gasteiger partial charge on any atom is 0.407 e. The van der Waals surface area contributed by atoms with Crippen LogP contribution in [0.25, 0.3) is 10.9 Å². The number of carbonyl (C=O) groups is 1. The molecule has 0 spiro atoms. The van der Waals surface area contributed by atoms with Gasteiger partial charge in [-0.15, -0.1) is 0 Å². The molecule has 128 valence electrons. The summed E-state index contributed by atoms with van der Waals surface area (Å²) in [5.41, 5.74) is 4.52. The van der Waals surface area contributed by atoms with Crippen molar-refractivity contribution in [3.63, 3.8) is 0 Å². The summed E-state index contributed by atoms with van der Waals surface area (Å²) >= 11 is 0. The third-order valence-corrected chi connectivity index (χ3v) is 4.64. The van der Waals surface area contributed by atoms with E-state index in [9.17, 15) is 4.79 Å². The van der Waals surface area contributed by atoms with Crippen molar-refractivity contribution < 1.29 is 14.3 Å². The molecule has 1 aliphatic rings. The average molecular weight is 336 g/mol. The van der Waals surface area contributed by atoms with Gasteiger partial charge in [0, 0.05) is 29.1 Å². The molecule has 0 saturated carbocycles. The first-order chi connectivity index (χ1) is 12.2. The van der Waals surface area contributed by atoms with Crippen molar-refractivity contribution in [3.05, 3.63) is 65.4 Å². The SMILES string of the molecule is COc1ccc2[nH]c3c(c2c1)CC(NC(=O)OCc1ccccc1)C3. The number of methoxy groups -OCH3 is 1. The zero-order valence-corrected chi connectivity index (χ0v) is 14.0. The highest BCUT2D eigenvalue weighted by molar-refractivity contribution is 5.87. The van der Waals surface area contributed by atoms with Crippen LogP contribution in [-0.2, 0) is 24.2 Å². The standard InChI is InChI=1S/C20H20N2O3/c1-24-15-7-8-18-17(11-15)16-9-14(10-19(16)22-18)21-20(23)25-12-13-5-3-2-4-6-13/h2-8,11,14,22H,9-10,12H2,1H3,(H,21,23). The average Bonchev–Trinajstić information content (AvgIpc) is 3.17. The van der Waals surface area contributed by atoms with E-state index in [1.807, 2.05) is 48.5 Å². The van der Waals surface area contributed by atoms with Crippen LogP contribution in [0.3, 0.4) is 0 Å². The van der Waals surface area contributed by atoms with E-state index in [4.69, 9.17) is 9.47 Å². The molecule has 4 rings (SSSR count). The molecule has 1 amide bonds. The monoisotopic (exact) mass is 336 g/mol. The molecule has 2 N–H and O–H groups in total. The Hall–Kier alpha value is -2.95. The zero-order valence-electron chi connectivity index (χ0n) is 14.0. The van der Waals surface area contributed by atoms with Crippen LogP contribution in [0.2, 0.25) is 0 Å². The first-order valence-electron chi connectivity index (χ1n) is 8.37. The molecule has 1 aromatic heterocycles. The van der Waals surface area contributed by atoms with Gasteiger partial charge in [-0.2, -0.15) is 0 Å². The predicted molar refractivity (Wildman–Crippen MR) is 95.8 cm³/mol. The van der Waals surface area contributed by atoms with E-state index in [2.05, 4.69) is 10.3 Å². The van der Waals surface area contributed by atoms with E-state index in [0.717, 1.165) is 35.1 Å². The summed E-state index contributed by atoms with van der Waals surface area (Å²) in [6, 6.07) is 15.8. The fraction of sp³-hybridized carbons (Fsp3) is 0.250. The molecule has 1 heterocycles. The number of ether oxygens (including phenoxy) is 2. The number of alkyl carbamates (subject to hydrolysis) is 1. The highest BCUT2D eigenvalue weighted by atomic mass is 16.5. The predicted octanol–water partition coefficient (Wildman–Crippen LogP) is 3.57. The molecule has 1 aliphatic carbocycles. The molecular weight excluding hydrogens is 316 g/mol. The molecular formula is C20H20N2O3. The molecule has 1 atom stereocenters. The van der Waals surface area contributed by atoms with Crippen LogP contribution in [-0.4, -0.2) is 24.2 Å². The summed E-state index contributed by atoms with van der Waals surface area (Å²) in [5.74, 6) is 0.841. The fourth-order valence-electron chi connectivity index (χ4n) is 3.42. The van der Waals surface area contributed by atoms with Gasteiger partial charge in [-0.05, 0) is 35.7 Å². The number of fused-ring (bicyclic) bond motifs is 3. The van der Waals surface area contributed by atoms with Gasteiger partial charge in [-0.1, -0.05) is 30.3 Å². The summed E-state index contributed by atoms with van der Waals surface area (Å²) in [7, 11) is 1.67. The van der Waals surface area contributed by atoms with Crippen LogP contribution in [0.1, 0.15) is 16.8 Å². The molecule has 1 unspecified atom stereocenters. The van der Waals surface area contributed by atoms with Gasteiger partial charge in [0.15, 0.2) is 0 Å². The minimum atomic E-state index is -0.374. The van der Waals surface area contributed by atoms with E-state index in [1.165, 1.54) is 11.3 Å². The van der Waals surface area contributed by atoms with Crippen molar-refractivity contribution in [2.75, 3.05) is 7.11 Å². The first kappa shape index (κ1) is 15.6. The van der Waals surface area contributed by atoms with Crippen molar-refractivity contribution in [1.29, 1.82) is 0 Å². The van der Waals surface area contributed by atoms with Crippen LogP contribution in [0.15, 0.2) is 48.5 Å². The van der Waals surface area contributed by atoms with Crippen LogP contribution in [0.5, 0.6) is 5.75 Å². The lowest BCUT2D eigenvalue weighted by molar-refractivity contribution is 0.136. The van der Waals surface area contributed by atoms with Crippen molar-refractivity contribution >= 4 is 17.0 Å². The molecule has 3 aromatic rings. The summed E-state index contributed by atoms with van der Waals surface area (Å²) in [6.07, 6.45) is 1.20. The summed E-state index contributed by atoms with van der Waals surface area (Å²) in [4.78, 5) is 15.5. The lowest BCUT2D eigenvalue weighted by Crippen LogP contribution is -2.35. The quantitative estimate of drug-likeness (QED) is 0.765. The van der Waals surface area contributed by atoms with Crippen LogP contribution >= 0.6 is 0 Å². The molecule has 0 fully saturated rings. The number of aromatic nitrogens is 1. The van der Waals surface area contributed by atoms with E-state index in [-0.39, 0.29) is 18.7 Å². The van der Waals surface area contributed by atoms with Crippen molar-refractivity contribution in [2.45, 2.75) is 25.5 Å². The Morgan fingerprint density at radius 1 is 1.20 bits per heavy atom. The Labute approximate surface area is 146 Å². The molecule has 5 nitrogen and oxygen atoms in total. The second-order valence-electron chi connectivity index (χ2n) is 6.30. The third kappa shape index (κ3) is 3.18. The van der Waals surface area contributed by atoms with Gasteiger partial charge in [-0.25, -0.2) is 4.79 Å². The van der Waals surface area contributed by atoms with Gasteiger partial charge < -0.3 is 19.8 Å². The normalized spacial score (nSPS) is 15.8. The van der Waals surface area contributed by atoms with E-state index < -0.39 is 0 Å². The smallest absolute Gasteiger partial charge is 0.407 e. The second kappa shape index (κ2) is 6.51. The Morgan fingerprint density at radius 3 is 2.84 bits per heavy atom. The van der Waals surface area contributed by atoms with E-state index in [0.29, 0.717) is 0 Å². The van der Waals surface area contributed by atoms with Gasteiger partial charge >= 0.3 is 6.09 Å². The molecule has 0 bridgehead atoms. The number of aromatic amines is 1. The number of hydrogen-bond acceptors (Lipinski definition) is 3. The van der Waals surface area contributed by atoms with Gasteiger partial charge in [0.1, 0.15) is 12.4 Å². The second-order valence-corrected chi connectivity index (χ2v) is 6.30. The summed E-state index contributed by atoms with van der Waals surface area (Å²) in [6.45, 7) is 0.283. The highest BCUT2D eigenvalue weighted by Crippen LogP contribution is 2.32. The molecule has 0 radical (unpaired) electrons. The summed E-state index contributed by atoms with van der Waals surface area (Å²) < 4.78 is 10.6. The van der Waals surface area contributed by atoms with Crippen LogP contribution in [0.4, 0.5) is 4.79 Å². The Kier molecular flexibility index (Phi) is 4.06. The maximum absolute atomic E-state index is 12.0. The third-order valence-electron chi connectivity index (χ3n) is 4.64. The first-order valence-corrected chi connectivity index (χ1v) is 8.37. The van der Waals surface area contributed by atoms with Gasteiger partial charge in [-0.3, -0.25) is 0 Å². The van der Waals surface area contributed by atoms with Crippen molar-refractivity contribution in [3.8, 4) is 5.75 Å². The number of rotatable bonds is 4. The van der Waals surface area contributed by atoms with Crippen LogP contribution < -0.4 is 10.1 Å². The highest BCUT2D eigenvalue weighted by Gasteiger charge is 2.27. The molecule has 0 aliphatic heterocycles. The number of nitrogens with one attached hydrogen (secondary N) is 2. The molecule has 25 heavy (non-hydrogen) atoms. The minimum absolute atomic E-state index is 0.0557. The van der Waals surface area contributed by atoms with E-state index >= 15 is 0 Å². The Balaban J connectivity index is 1.39. The summed E-state index contributed by atoms with van der Waals surface area (Å²) in [5, 5.41) is 4.13. The minimum Gasteiger partial charge on any atom is -0.497 e. The van der Waals surface area contributed by atoms with E-state index in [1.54, 1.807) is 7.11 Å². The molecule has 5 heteroatoms. The number of H-pyrrole nitrogens is 1. The number of hydrogen-bond donors (Lipinski definition) is 2. The molecule has 0 saturated heterocycles.